The van der Waals surface area contributed by atoms with E-state index in [2.05, 4.69) is 20.8 Å². The molecule has 4 rings (SSSR count). The summed E-state index contributed by atoms with van der Waals surface area (Å²) < 4.78 is 0. The number of ketones is 1. The van der Waals surface area contributed by atoms with Crippen LogP contribution in [0.1, 0.15) is 106 Å². The lowest BCUT2D eigenvalue weighted by atomic mass is 9.43. The number of fused-ring (bicyclic) bond motifs is 5. The number of aliphatic hydroxyl groups excluding tert-OH is 1. The minimum atomic E-state index is -0.197. The van der Waals surface area contributed by atoms with Crippen molar-refractivity contribution in [2.24, 2.45) is 46.3 Å². The SMILES string of the molecule is CC.CCCC1CCC2(C)C(CCC3C4CCC(C(C)=O)C4(C)CC(O)C32)C1. The fourth-order valence-electron chi connectivity index (χ4n) is 8.81. The molecular formula is C26H46O2. The molecule has 2 nitrogen and oxygen atoms in total. The number of carbonyl (C=O) groups excluding carboxylic acids is 1. The van der Waals surface area contributed by atoms with E-state index in [1.54, 1.807) is 6.92 Å². The Hall–Kier alpha value is -0.370. The summed E-state index contributed by atoms with van der Waals surface area (Å²) in [6.07, 6.45) is 12.4. The van der Waals surface area contributed by atoms with E-state index in [1.807, 2.05) is 13.8 Å². The van der Waals surface area contributed by atoms with Crippen molar-refractivity contribution in [3.8, 4) is 0 Å². The lowest BCUT2D eigenvalue weighted by molar-refractivity contribution is -0.174. The average Bonchev–Trinajstić information content (AvgIpc) is 3.00. The van der Waals surface area contributed by atoms with Gasteiger partial charge in [-0.25, -0.2) is 0 Å². The molecule has 4 aliphatic rings. The zero-order valence-electron chi connectivity index (χ0n) is 19.5. The molecule has 0 amide bonds. The van der Waals surface area contributed by atoms with Crippen LogP contribution in [0.4, 0.5) is 0 Å². The van der Waals surface area contributed by atoms with Gasteiger partial charge in [0.2, 0.25) is 0 Å². The van der Waals surface area contributed by atoms with Gasteiger partial charge in [-0.3, -0.25) is 4.79 Å². The third-order valence-corrected chi connectivity index (χ3v) is 9.89. The smallest absolute Gasteiger partial charge is 0.133 e. The number of rotatable bonds is 3. The summed E-state index contributed by atoms with van der Waals surface area (Å²) in [6.45, 7) is 13.0. The predicted molar refractivity (Wildman–Crippen MR) is 117 cm³/mol. The van der Waals surface area contributed by atoms with Crippen molar-refractivity contribution < 1.29 is 9.90 Å². The number of carbonyl (C=O) groups is 1. The molecule has 0 bridgehead atoms. The first-order valence-electron chi connectivity index (χ1n) is 12.5. The highest BCUT2D eigenvalue weighted by atomic mass is 16.3. The van der Waals surface area contributed by atoms with Crippen molar-refractivity contribution in [1.82, 2.24) is 0 Å². The van der Waals surface area contributed by atoms with Gasteiger partial charge in [-0.1, -0.05) is 47.5 Å². The molecule has 162 valence electrons. The molecule has 4 saturated carbocycles. The summed E-state index contributed by atoms with van der Waals surface area (Å²) >= 11 is 0. The Balaban J connectivity index is 0.00000109. The zero-order valence-corrected chi connectivity index (χ0v) is 19.5. The molecule has 2 heteroatoms. The number of Topliss-reactive ketones (excluding diaryl/α,β-unsaturated/α-hetero) is 1. The molecule has 9 atom stereocenters. The third kappa shape index (κ3) is 3.40. The molecule has 0 saturated heterocycles. The van der Waals surface area contributed by atoms with Gasteiger partial charge in [0, 0.05) is 5.92 Å². The molecule has 4 fully saturated rings. The largest absolute Gasteiger partial charge is 0.393 e. The lowest BCUT2D eigenvalue weighted by Crippen LogP contribution is -2.59. The number of hydrogen-bond donors (Lipinski definition) is 1. The molecule has 0 aromatic rings. The highest BCUT2D eigenvalue weighted by molar-refractivity contribution is 5.79. The van der Waals surface area contributed by atoms with Gasteiger partial charge in [0.15, 0.2) is 0 Å². The van der Waals surface area contributed by atoms with Crippen molar-refractivity contribution in [3.05, 3.63) is 0 Å². The predicted octanol–water partition coefficient (Wildman–Crippen LogP) is 6.65. The Kier molecular flexibility index (Phi) is 6.70. The maximum Gasteiger partial charge on any atom is 0.133 e. The topological polar surface area (TPSA) is 37.3 Å². The Morgan fingerprint density at radius 2 is 1.75 bits per heavy atom. The summed E-state index contributed by atoms with van der Waals surface area (Å²) in [5.41, 5.74) is 0.386. The van der Waals surface area contributed by atoms with E-state index >= 15 is 0 Å². The fourth-order valence-corrected chi connectivity index (χ4v) is 8.81. The Bertz CT molecular complexity index is 557. The van der Waals surface area contributed by atoms with Crippen molar-refractivity contribution in [1.29, 1.82) is 0 Å². The second-order valence-corrected chi connectivity index (χ2v) is 11.0. The molecular weight excluding hydrogens is 344 g/mol. The van der Waals surface area contributed by atoms with Crippen molar-refractivity contribution >= 4 is 5.78 Å². The first-order valence-corrected chi connectivity index (χ1v) is 12.5. The second-order valence-electron chi connectivity index (χ2n) is 11.0. The van der Waals surface area contributed by atoms with Crippen LogP contribution in [-0.2, 0) is 4.79 Å². The van der Waals surface area contributed by atoms with Crippen molar-refractivity contribution in [2.45, 2.75) is 112 Å². The highest BCUT2D eigenvalue weighted by Gasteiger charge is 2.63. The molecule has 9 unspecified atom stereocenters. The zero-order chi connectivity index (χ0) is 20.7. The van der Waals surface area contributed by atoms with Gasteiger partial charge < -0.3 is 5.11 Å². The maximum absolute atomic E-state index is 12.3. The van der Waals surface area contributed by atoms with Crippen LogP contribution in [0.2, 0.25) is 0 Å². The number of aliphatic hydroxyl groups is 1. The van der Waals surface area contributed by atoms with Crippen LogP contribution in [0.25, 0.3) is 0 Å². The fraction of sp³-hybridized carbons (Fsp3) is 0.962. The van der Waals surface area contributed by atoms with Crippen molar-refractivity contribution in [2.75, 3.05) is 0 Å². The minimum absolute atomic E-state index is 0.0506. The van der Waals surface area contributed by atoms with Gasteiger partial charge in [0.05, 0.1) is 6.10 Å². The van der Waals surface area contributed by atoms with Gasteiger partial charge >= 0.3 is 0 Å². The standard InChI is InChI=1S/C24H40O2.C2H6/c1-5-6-16-11-12-23(3)17(13-16)7-8-18-20-10-9-19(15(2)25)24(20,4)14-21(26)22(18)23;1-2/h16-22,26H,5-14H2,1-4H3;1-2H3. The first kappa shape index (κ1) is 22.3. The summed E-state index contributed by atoms with van der Waals surface area (Å²) in [5.74, 6) is 4.09. The number of hydrogen-bond acceptors (Lipinski definition) is 2. The lowest BCUT2D eigenvalue weighted by Gasteiger charge is -2.62. The van der Waals surface area contributed by atoms with Crippen LogP contribution in [-0.4, -0.2) is 17.0 Å². The molecule has 4 aliphatic carbocycles. The summed E-state index contributed by atoms with van der Waals surface area (Å²) in [5, 5.41) is 11.4. The highest BCUT2D eigenvalue weighted by Crippen LogP contribution is 2.67. The molecule has 0 heterocycles. The van der Waals surface area contributed by atoms with Crippen LogP contribution < -0.4 is 0 Å². The molecule has 0 aliphatic heterocycles. The van der Waals surface area contributed by atoms with E-state index in [4.69, 9.17) is 0 Å². The van der Waals surface area contributed by atoms with Crippen LogP contribution in [0.3, 0.4) is 0 Å². The van der Waals surface area contributed by atoms with Gasteiger partial charge in [-0.15, -0.1) is 0 Å². The van der Waals surface area contributed by atoms with E-state index in [0.29, 0.717) is 29.0 Å². The second kappa shape index (κ2) is 8.40. The molecule has 0 aromatic carbocycles. The van der Waals surface area contributed by atoms with Crippen LogP contribution in [0, 0.1) is 46.3 Å². The quantitative estimate of drug-likeness (QED) is 0.586. The van der Waals surface area contributed by atoms with Gasteiger partial charge in [-0.05, 0) is 98.7 Å². The molecule has 1 N–H and O–H groups in total. The average molecular weight is 391 g/mol. The normalized spacial score (nSPS) is 49.9. The first-order chi connectivity index (χ1) is 13.3. The molecule has 28 heavy (non-hydrogen) atoms. The van der Waals surface area contributed by atoms with Crippen molar-refractivity contribution in [3.63, 3.8) is 0 Å². The van der Waals surface area contributed by atoms with E-state index in [0.717, 1.165) is 24.7 Å². The van der Waals surface area contributed by atoms with Gasteiger partial charge in [0.1, 0.15) is 5.78 Å². The van der Waals surface area contributed by atoms with E-state index < -0.39 is 0 Å². The minimum Gasteiger partial charge on any atom is -0.393 e. The van der Waals surface area contributed by atoms with E-state index in [1.165, 1.54) is 51.4 Å². The third-order valence-electron chi connectivity index (χ3n) is 9.89. The van der Waals surface area contributed by atoms with Gasteiger partial charge in [-0.2, -0.15) is 0 Å². The Morgan fingerprint density at radius 1 is 1.04 bits per heavy atom. The van der Waals surface area contributed by atoms with E-state index in [-0.39, 0.29) is 17.4 Å². The van der Waals surface area contributed by atoms with Crippen LogP contribution in [0.5, 0.6) is 0 Å². The summed E-state index contributed by atoms with van der Waals surface area (Å²) in [6, 6.07) is 0. The molecule has 0 aromatic heterocycles. The van der Waals surface area contributed by atoms with Gasteiger partial charge in [0.25, 0.3) is 0 Å². The Labute approximate surface area is 174 Å². The summed E-state index contributed by atoms with van der Waals surface area (Å²) in [7, 11) is 0. The maximum atomic E-state index is 12.3. The monoisotopic (exact) mass is 390 g/mol. The Morgan fingerprint density at radius 3 is 2.39 bits per heavy atom. The molecule has 0 spiro atoms. The van der Waals surface area contributed by atoms with Crippen LogP contribution in [0.15, 0.2) is 0 Å². The molecule has 0 radical (unpaired) electrons. The van der Waals surface area contributed by atoms with E-state index in [9.17, 15) is 9.90 Å². The van der Waals surface area contributed by atoms with Crippen LogP contribution >= 0.6 is 0 Å². The summed E-state index contributed by atoms with van der Waals surface area (Å²) in [4.78, 5) is 12.3.